The SMILES string of the molecule is Nc1cc(Oc2ccc(C(F)(F)F)c(Oc3ccc(C(F)(F)F)c(N)c3)c2)ccc1C(F)(F)F. The maximum atomic E-state index is 13.4. The van der Waals surface area contributed by atoms with E-state index in [0.29, 0.717) is 24.3 Å². The van der Waals surface area contributed by atoms with Crippen molar-refractivity contribution in [3.8, 4) is 23.0 Å². The minimum Gasteiger partial charge on any atom is -0.457 e. The lowest BCUT2D eigenvalue weighted by Gasteiger charge is -2.17. The summed E-state index contributed by atoms with van der Waals surface area (Å²) in [6, 6.07) is 6.63. The summed E-state index contributed by atoms with van der Waals surface area (Å²) in [5.74, 6) is -1.76. The average Bonchev–Trinajstić information content (AvgIpc) is 2.65. The van der Waals surface area contributed by atoms with Crippen LogP contribution in [0.3, 0.4) is 0 Å². The van der Waals surface area contributed by atoms with Crippen molar-refractivity contribution < 1.29 is 49.0 Å². The minimum atomic E-state index is -4.91. The minimum absolute atomic E-state index is 0.213. The molecule has 4 nitrogen and oxygen atoms in total. The van der Waals surface area contributed by atoms with Crippen LogP contribution >= 0.6 is 0 Å². The smallest absolute Gasteiger partial charge is 0.419 e. The van der Waals surface area contributed by atoms with Crippen molar-refractivity contribution in [2.24, 2.45) is 0 Å². The highest BCUT2D eigenvalue weighted by atomic mass is 19.4. The second-order valence-corrected chi connectivity index (χ2v) is 6.85. The molecule has 182 valence electrons. The molecule has 0 radical (unpaired) electrons. The lowest BCUT2D eigenvalue weighted by Crippen LogP contribution is -2.09. The highest BCUT2D eigenvalue weighted by Gasteiger charge is 2.36. The van der Waals surface area contributed by atoms with E-state index in [-0.39, 0.29) is 11.5 Å². The van der Waals surface area contributed by atoms with Crippen LogP contribution in [0.2, 0.25) is 0 Å². The molecule has 13 heteroatoms. The third kappa shape index (κ3) is 5.58. The summed E-state index contributed by atoms with van der Waals surface area (Å²) in [5, 5.41) is 0. The quantitative estimate of drug-likeness (QED) is 0.290. The molecule has 0 aromatic heterocycles. The van der Waals surface area contributed by atoms with Gasteiger partial charge in [0.2, 0.25) is 0 Å². The number of ether oxygens (including phenoxy) is 2. The molecule has 0 unspecified atom stereocenters. The van der Waals surface area contributed by atoms with Crippen LogP contribution in [0.1, 0.15) is 16.7 Å². The maximum absolute atomic E-state index is 13.4. The summed E-state index contributed by atoms with van der Waals surface area (Å²) in [4.78, 5) is 0. The van der Waals surface area contributed by atoms with Crippen molar-refractivity contribution >= 4 is 11.4 Å². The molecular formula is C21H13F9N2O2. The summed E-state index contributed by atoms with van der Waals surface area (Å²) in [5.41, 5.74) is 5.64. The van der Waals surface area contributed by atoms with Crippen LogP contribution < -0.4 is 20.9 Å². The molecule has 0 saturated carbocycles. The molecule has 0 fully saturated rings. The van der Waals surface area contributed by atoms with Gasteiger partial charge in [-0.1, -0.05) is 0 Å². The highest BCUT2D eigenvalue weighted by molar-refractivity contribution is 5.56. The number of hydrogen-bond acceptors (Lipinski definition) is 4. The van der Waals surface area contributed by atoms with E-state index in [9.17, 15) is 39.5 Å². The van der Waals surface area contributed by atoms with Crippen LogP contribution in [0.15, 0.2) is 54.6 Å². The largest absolute Gasteiger partial charge is 0.457 e. The molecule has 0 aliphatic heterocycles. The molecule has 0 amide bonds. The van der Waals surface area contributed by atoms with Crippen molar-refractivity contribution in [1.29, 1.82) is 0 Å². The van der Waals surface area contributed by atoms with Gasteiger partial charge in [-0.2, -0.15) is 39.5 Å². The zero-order valence-corrected chi connectivity index (χ0v) is 16.6. The van der Waals surface area contributed by atoms with Gasteiger partial charge in [0.15, 0.2) is 0 Å². The van der Waals surface area contributed by atoms with Crippen molar-refractivity contribution in [2.75, 3.05) is 11.5 Å². The van der Waals surface area contributed by atoms with E-state index in [0.717, 1.165) is 30.3 Å². The van der Waals surface area contributed by atoms with Crippen molar-refractivity contribution in [3.05, 3.63) is 71.3 Å². The van der Waals surface area contributed by atoms with Crippen molar-refractivity contribution in [2.45, 2.75) is 18.5 Å². The zero-order valence-electron chi connectivity index (χ0n) is 16.6. The number of hydrogen-bond donors (Lipinski definition) is 2. The lowest BCUT2D eigenvalue weighted by molar-refractivity contribution is -0.139. The van der Waals surface area contributed by atoms with Gasteiger partial charge in [0, 0.05) is 29.6 Å². The lowest BCUT2D eigenvalue weighted by atomic mass is 10.1. The Morgan fingerprint density at radius 3 is 1.21 bits per heavy atom. The Kier molecular flexibility index (Phi) is 6.24. The first kappa shape index (κ1) is 24.9. The van der Waals surface area contributed by atoms with Gasteiger partial charge in [-0.3, -0.25) is 0 Å². The van der Waals surface area contributed by atoms with Crippen LogP contribution in [-0.2, 0) is 18.5 Å². The van der Waals surface area contributed by atoms with E-state index in [1.54, 1.807) is 0 Å². The first-order valence-corrected chi connectivity index (χ1v) is 9.06. The van der Waals surface area contributed by atoms with Gasteiger partial charge in [-0.05, 0) is 36.4 Å². The summed E-state index contributed by atoms with van der Waals surface area (Å²) in [6.07, 6.45) is -14.4. The molecule has 3 aromatic carbocycles. The van der Waals surface area contributed by atoms with Crippen molar-refractivity contribution in [1.82, 2.24) is 0 Å². The molecule has 3 rings (SSSR count). The third-order valence-corrected chi connectivity index (χ3v) is 4.38. The number of benzene rings is 3. The van der Waals surface area contributed by atoms with Gasteiger partial charge >= 0.3 is 18.5 Å². The van der Waals surface area contributed by atoms with E-state index in [4.69, 9.17) is 20.9 Å². The molecule has 0 aliphatic rings. The van der Waals surface area contributed by atoms with E-state index in [2.05, 4.69) is 0 Å². The van der Waals surface area contributed by atoms with Crippen LogP contribution in [0.5, 0.6) is 23.0 Å². The first-order valence-electron chi connectivity index (χ1n) is 9.06. The number of alkyl halides is 9. The number of halogens is 9. The summed E-state index contributed by atoms with van der Waals surface area (Å²) >= 11 is 0. The molecule has 0 atom stereocenters. The van der Waals surface area contributed by atoms with Gasteiger partial charge in [-0.15, -0.1) is 0 Å². The monoisotopic (exact) mass is 496 g/mol. The Morgan fingerprint density at radius 1 is 0.471 bits per heavy atom. The number of nitrogens with two attached hydrogens (primary N) is 2. The molecule has 0 bridgehead atoms. The van der Waals surface area contributed by atoms with Crippen LogP contribution in [0.25, 0.3) is 0 Å². The van der Waals surface area contributed by atoms with Crippen molar-refractivity contribution in [3.63, 3.8) is 0 Å². The third-order valence-electron chi connectivity index (χ3n) is 4.38. The Bertz CT molecular complexity index is 1200. The summed E-state index contributed by atoms with van der Waals surface area (Å²) in [7, 11) is 0. The maximum Gasteiger partial charge on any atom is 0.419 e. The Labute approximate surface area is 185 Å². The molecule has 34 heavy (non-hydrogen) atoms. The molecule has 4 N–H and O–H groups in total. The first-order chi connectivity index (χ1) is 15.6. The second-order valence-electron chi connectivity index (χ2n) is 6.85. The number of rotatable bonds is 4. The molecule has 0 spiro atoms. The van der Waals surface area contributed by atoms with Crippen LogP contribution in [-0.4, -0.2) is 0 Å². The zero-order chi connectivity index (χ0) is 25.5. The van der Waals surface area contributed by atoms with E-state index >= 15 is 0 Å². The van der Waals surface area contributed by atoms with Gasteiger partial charge in [0.25, 0.3) is 0 Å². The van der Waals surface area contributed by atoms with E-state index in [1.165, 1.54) is 0 Å². The van der Waals surface area contributed by atoms with E-state index in [1.807, 2.05) is 0 Å². The molecular weight excluding hydrogens is 483 g/mol. The fourth-order valence-electron chi connectivity index (χ4n) is 2.87. The fourth-order valence-corrected chi connectivity index (χ4v) is 2.87. The fraction of sp³-hybridized carbons (Fsp3) is 0.143. The highest BCUT2D eigenvalue weighted by Crippen LogP contribution is 2.43. The van der Waals surface area contributed by atoms with Gasteiger partial charge in [0.1, 0.15) is 23.0 Å². The summed E-state index contributed by atoms with van der Waals surface area (Å²) in [6.45, 7) is 0. The standard InChI is InChI=1S/C21H13F9N2O2/c22-19(23,24)13-4-1-10(7-16(13)31)33-12-3-6-15(21(28,29)30)18(9-12)34-11-2-5-14(17(32)8-11)20(25,26)27/h1-9H,31-32H2. The van der Waals surface area contributed by atoms with Gasteiger partial charge in [-0.25, -0.2) is 0 Å². The van der Waals surface area contributed by atoms with Gasteiger partial charge < -0.3 is 20.9 Å². The second kappa shape index (κ2) is 8.54. The van der Waals surface area contributed by atoms with E-state index < -0.39 is 58.1 Å². The molecule has 0 saturated heterocycles. The molecule has 3 aromatic rings. The predicted molar refractivity (Wildman–Crippen MR) is 103 cm³/mol. The predicted octanol–water partition coefficient (Wildman–Crippen LogP) is 7.49. The topological polar surface area (TPSA) is 70.5 Å². The van der Waals surface area contributed by atoms with Crippen LogP contribution in [0, 0.1) is 0 Å². The van der Waals surface area contributed by atoms with Crippen LogP contribution in [0.4, 0.5) is 50.9 Å². The molecule has 0 heterocycles. The Hall–Kier alpha value is -3.77. The number of nitrogen functional groups attached to an aromatic ring is 2. The van der Waals surface area contributed by atoms with Gasteiger partial charge in [0.05, 0.1) is 16.7 Å². The Balaban J connectivity index is 1.95. The average molecular weight is 496 g/mol. The normalized spacial score (nSPS) is 12.5. The summed E-state index contributed by atoms with van der Waals surface area (Å²) < 4.78 is 128. The number of anilines is 2. The Morgan fingerprint density at radius 2 is 0.824 bits per heavy atom. The molecule has 0 aliphatic carbocycles.